The number of hydrogen-bond acceptors (Lipinski definition) is 6. The zero-order valence-electron chi connectivity index (χ0n) is 10.5. The Morgan fingerprint density at radius 3 is 2.65 bits per heavy atom. The summed E-state index contributed by atoms with van der Waals surface area (Å²) in [5.74, 6) is -0.677. The van der Waals surface area contributed by atoms with Crippen molar-refractivity contribution in [3.63, 3.8) is 0 Å². The van der Waals surface area contributed by atoms with E-state index in [-0.39, 0.29) is 16.7 Å². The maximum absolute atomic E-state index is 12.1. The third-order valence-corrected chi connectivity index (χ3v) is 3.66. The maximum atomic E-state index is 12.1. The van der Waals surface area contributed by atoms with Crippen LogP contribution < -0.4 is 5.32 Å². The molecular weight excluding hydrogens is 304 g/mol. The van der Waals surface area contributed by atoms with E-state index in [9.17, 15) is 14.9 Å². The van der Waals surface area contributed by atoms with Crippen LogP contribution in [0, 0.1) is 24.0 Å². The highest BCUT2D eigenvalue weighted by Crippen LogP contribution is 2.25. The van der Waals surface area contributed by atoms with Gasteiger partial charge in [-0.25, -0.2) is 9.97 Å². The molecule has 2 heterocycles. The highest BCUT2D eigenvalue weighted by atomic mass is 35.5. The number of rotatable bonds is 3. The van der Waals surface area contributed by atoms with Crippen molar-refractivity contribution >= 4 is 40.4 Å². The van der Waals surface area contributed by atoms with Crippen molar-refractivity contribution in [2.45, 2.75) is 13.8 Å². The normalized spacial score (nSPS) is 10.3. The van der Waals surface area contributed by atoms with Gasteiger partial charge in [0, 0.05) is 6.07 Å². The van der Waals surface area contributed by atoms with Crippen molar-refractivity contribution in [1.82, 2.24) is 9.97 Å². The molecule has 0 saturated heterocycles. The summed E-state index contributed by atoms with van der Waals surface area (Å²) in [6, 6.07) is 2.48. The van der Waals surface area contributed by atoms with Crippen LogP contribution in [0.5, 0.6) is 0 Å². The van der Waals surface area contributed by atoms with Gasteiger partial charge in [-0.1, -0.05) is 11.6 Å². The second kappa shape index (κ2) is 5.51. The number of hydrogen-bond donors (Lipinski definition) is 1. The lowest BCUT2D eigenvalue weighted by Gasteiger charge is -2.04. The monoisotopic (exact) mass is 312 g/mol. The van der Waals surface area contributed by atoms with Crippen molar-refractivity contribution in [2.24, 2.45) is 0 Å². The van der Waals surface area contributed by atoms with E-state index in [1.807, 2.05) is 0 Å². The molecule has 9 heteroatoms. The van der Waals surface area contributed by atoms with Crippen LogP contribution in [-0.4, -0.2) is 20.8 Å². The molecule has 0 aliphatic heterocycles. The van der Waals surface area contributed by atoms with Crippen LogP contribution in [0.25, 0.3) is 0 Å². The molecule has 0 atom stereocenters. The minimum atomic E-state index is -0.635. The fourth-order valence-corrected chi connectivity index (χ4v) is 2.54. The topological polar surface area (TPSA) is 98.0 Å². The number of amides is 1. The second-order valence-electron chi connectivity index (χ2n) is 3.86. The number of pyridine rings is 1. The number of nitro groups is 1. The van der Waals surface area contributed by atoms with Gasteiger partial charge in [0.2, 0.25) is 5.82 Å². The first-order chi connectivity index (χ1) is 9.38. The minimum absolute atomic E-state index is 0.0584. The number of thiazole rings is 1. The standard InChI is InChI=1S/C11H9ClN4O3S/c1-5-9(20-6(2)13-5)11(17)15-10-7(16(18)19)3-4-8(12)14-10/h3-4H,1-2H3,(H,14,15,17). The summed E-state index contributed by atoms with van der Waals surface area (Å²) in [7, 11) is 0. The minimum Gasteiger partial charge on any atom is -0.300 e. The van der Waals surface area contributed by atoms with E-state index in [0.29, 0.717) is 10.6 Å². The third kappa shape index (κ3) is 2.91. The molecule has 0 aromatic carbocycles. The summed E-state index contributed by atoms with van der Waals surface area (Å²) in [4.78, 5) is 30.6. The Morgan fingerprint density at radius 1 is 1.40 bits per heavy atom. The third-order valence-electron chi connectivity index (χ3n) is 2.38. The fourth-order valence-electron chi connectivity index (χ4n) is 1.57. The molecule has 0 saturated carbocycles. The molecule has 1 amide bonds. The van der Waals surface area contributed by atoms with Crippen LogP contribution in [0.2, 0.25) is 5.15 Å². The van der Waals surface area contributed by atoms with Crippen molar-refractivity contribution in [3.8, 4) is 0 Å². The molecule has 0 spiro atoms. The highest BCUT2D eigenvalue weighted by Gasteiger charge is 2.21. The molecule has 0 fully saturated rings. The van der Waals surface area contributed by atoms with Crippen molar-refractivity contribution in [3.05, 3.63) is 43.0 Å². The Kier molecular flexibility index (Phi) is 3.96. The summed E-state index contributed by atoms with van der Waals surface area (Å²) < 4.78 is 0. The largest absolute Gasteiger partial charge is 0.311 e. The van der Waals surface area contributed by atoms with E-state index >= 15 is 0 Å². The predicted molar refractivity (Wildman–Crippen MR) is 75.4 cm³/mol. The first-order valence-electron chi connectivity index (χ1n) is 5.45. The van der Waals surface area contributed by atoms with E-state index in [1.165, 1.54) is 23.5 Å². The Labute approximate surface area is 122 Å². The SMILES string of the molecule is Cc1nc(C)c(C(=O)Nc2nc(Cl)ccc2[N+](=O)[O-])s1. The fraction of sp³-hybridized carbons (Fsp3) is 0.182. The number of aromatic nitrogens is 2. The number of nitrogens with zero attached hydrogens (tertiary/aromatic N) is 3. The molecule has 7 nitrogen and oxygen atoms in total. The lowest BCUT2D eigenvalue weighted by atomic mass is 10.3. The number of aryl methyl sites for hydroxylation is 2. The molecule has 2 rings (SSSR count). The number of nitrogens with one attached hydrogen (secondary N) is 1. The number of carbonyl (C=O) groups excluding carboxylic acids is 1. The number of carbonyl (C=O) groups is 1. The van der Waals surface area contributed by atoms with Gasteiger partial charge in [0.1, 0.15) is 10.0 Å². The average molecular weight is 313 g/mol. The Balaban J connectivity index is 2.34. The zero-order chi connectivity index (χ0) is 14.9. The van der Waals surface area contributed by atoms with Crippen LogP contribution in [0.1, 0.15) is 20.4 Å². The summed E-state index contributed by atoms with van der Waals surface area (Å²) in [6.45, 7) is 3.47. The molecule has 0 unspecified atom stereocenters. The van der Waals surface area contributed by atoms with Gasteiger partial charge in [-0.05, 0) is 19.9 Å². The van der Waals surface area contributed by atoms with Gasteiger partial charge < -0.3 is 0 Å². The van der Waals surface area contributed by atoms with Crippen molar-refractivity contribution < 1.29 is 9.72 Å². The smallest absolute Gasteiger partial charge is 0.300 e. The molecule has 0 bridgehead atoms. The van der Waals surface area contributed by atoms with Crippen LogP contribution in [0.3, 0.4) is 0 Å². The summed E-state index contributed by atoms with van der Waals surface area (Å²) >= 11 is 6.90. The van der Waals surface area contributed by atoms with Gasteiger partial charge in [0.05, 0.1) is 15.6 Å². The van der Waals surface area contributed by atoms with E-state index in [1.54, 1.807) is 13.8 Å². The van der Waals surface area contributed by atoms with Crippen molar-refractivity contribution in [2.75, 3.05) is 5.32 Å². The molecule has 20 heavy (non-hydrogen) atoms. The lowest BCUT2D eigenvalue weighted by Crippen LogP contribution is -2.14. The van der Waals surface area contributed by atoms with Crippen LogP contribution in [0.15, 0.2) is 12.1 Å². The van der Waals surface area contributed by atoms with E-state index in [4.69, 9.17) is 11.6 Å². The quantitative estimate of drug-likeness (QED) is 0.533. The predicted octanol–water partition coefficient (Wildman–Crippen LogP) is 2.97. The summed E-state index contributed by atoms with van der Waals surface area (Å²) in [5, 5.41) is 14.1. The van der Waals surface area contributed by atoms with Gasteiger partial charge in [0.15, 0.2) is 0 Å². The van der Waals surface area contributed by atoms with Gasteiger partial charge in [-0.2, -0.15) is 0 Å². The van der Waals surface area contributed by atoms with Crippen LogP contribution in [0.4, 0.5) is 11.5 Å². The van der Waals surface area contributed by atoms with Gasteiger partial charge in [-0.3, -0.25) is 20.2 Å². The Morgan fingerprint density at radius 2 is 2.10 bits per heavy atom. The van der Waals surface area contributed by atoms with Gasteiger partial charge >= 0.3 is 5.69 Å². The summed E-state index contributed by atoms with van der Waals surface area (Å²) in [5.41, 5.74) is 0.247. The van der Waals surface area contributed by atoms with Crippen LogP contribution in [-0.2, 0) is 0 Å². The number of halogens is 1. The van der Waals surface area contributed by atoms with Gasteiger partial charge in [-0.15, -0.1) is 11.3 Å². The molecule has 0 radical (unpaired) electrons. The highest BCUT2D eigenvalue weighted by molar-refractivity contribution is 7.13. The molecule has 2 aromatic rings. The number of anilines is 1. The maximum Gasteiger partial charge on any atom is 0.311 e. The Hall–Kier alpha value is -2.06. The van der Waals surface area contributed by atoms with Crippen LogP contribution >= 0.6 is 22.9 Å². The van der Waals surface area contributed by atoms with Gasteiger partial charge in [0.25, 0.3) is 5.91 Å². The molecule has 1 N–H and O–H groups in total. The molecule has 2 aromatic heterocycles. The lowest BCUT2D eigenvalue weighted by molar-refractivity contribution is -0.384. The van der Waals surface area contributed by atoms with E-state index < -0.39 is 10.8 Å². The molecular formula is C11H9ClN4O3S. The van der Waals surface area contributed by atoms with E-state index in [2.05, 4.69) is 15.3 Å². The molecule has 104 valence electrons. The Bertz CT molecular complexity index is 701. The first kappa shape index (κ1) is 14.4. The first-order valence-corrected chi connectivity index (χ1v) is 6.64. The summed E-state index contributed by atoms with van der Waals surface area (Å²) in [6.07, 6.45) is 0. The molecule has 0 aliphatic rings. The van der Waals surface area contributed by atoms with E-state index in [0.717, 1.165) is 5.01 Å². The molecule has 0 aliphatic carbocycles. The zero-order valence-corrected chi connectivity index (χ0v) is 12.1. The second-order valence-corrected chi connectivity index (χ2v) is 5.45. The average Bonchev–Trinajstić information content (AvgIpc) is 2.68. The van der Waals surface area contributed by atoms with Crippen molar-refractivity contribution in [1.29, 1.82) is 0 Å².